The Hall–Kier alpha value is -2.04. The van der Waals surface area contributed by atoms with Crippen LogP contribution in [0.3, 0.4) is 0 Å². The van der Waals surface area contributed by atoms with Gasteiger partial charge in [0.25, 0.3) is 0 Å². The normalized spacial score (nSPS) is 11.6. The summed E-state index contributed by atoms with van der Waals surface area (Å²) in [5, 5.41) is 3.84. The van der Waals surface area contributed by atoms with Gasteiger partial charge in [-0.25, -0.2) is 0 Å². The van der Waals surface area contributed by atoms with E-state index in [1.54, 1.807) is 18.2 Å². The highest BCUT2D eigenvalue weighted by Gasteiger charge is 2.02. The molecule has 1 aromatic rings. The lowest BCUT2D eigenvalue weighted by atomic mass is 10.1. The van der Waals surface area contributed by atoms with Gasteiger partial charge in [-0.3, -0.25) is 4.79 Å². The third-order valence-electron chi connectivity index (χ3n) is 2.60. The fourth-order valence-electron chi connectivity index (χ4n) is 1.49. The fourth-order valence-corrected chi connectivity index (χ4v) is 1.49. The Labute approximate surface area is 113 Å². The number of carbonyl (C=O) groups is 1. The number of rotatable bonds is 7. The minimum absolute atomic E-state index is 0.267. The maximum absolute atomic E-state index is 11.0. The average molecular weight is 263 g/mol. The van der Waals surface area contributed by atoms with Gasteiger partial charge in [-0.2, -0.15) is 0 Å². The molecule has 0 unspecified atom stereocenters. The number of benzene rings is 1. The van der Waals surface area contributed by atoms with Crippen LogP contribution in [0.5, 0.6) is 0 Å². The zero-order chi connectivity index (χ0) is 14.3. The quantitative estimate of drug-likeness (QED) is 0.448. The monoisotopic (exact) mass is 263 g/mol. The van der Waals surface area contributed by atoms with Gasteiger partial charge in [-0.1, -0.05) is 31.1 Å². The summed E-state index contributed by atoms with van der Waals surface area (Å²) in [5.74, 6) is 0.613. The van der Waals surface area contributed by atoms with E-state index in [0.29, 0.717) is 17.3 Å². The lowest BCUT2D eigenvalue weighted by Gasteiger charge is -2.05. The van der Waals surface area contributed by atoms with Crippen LogP contribution in [0.15, 0.2) is 29.4 Å². The zero-order valence-corrected chi connectivity index (χ0v) is 11.4. The molecule has 0 aromatic heterocycles. The third kappa shape index (κ3) is 5.90. The van der Waals surface area contributed by atoms with E-state index in [9.17, 15) is 4.79 Å². The first-order valence-electron chi connectivity index (χ1n) is 6.32. The summed E-state index contributed by atoms with van der Waals surface area (Å²) in [6.07, 6.45) is 1.70. The maximum atomic E-state index is 11.0. The molecule has 0 aliphatic carbocycles. The average Bonchev–Trinajstić information content (AvgIpc) is 2.36. The molecule has 1 rings (SSSR count). The first kappa shape index (κ1) is 15.0. The topological polar surface area (TPSA) is 90.7 Å². The minimum Gasteiger partial charge on any atom is -0.390 e. The van der Waals surface area contributed by atoms with E-state index in [0.717, 1.165) is 18.4 Å². The molecule has 0 spiro atoms. The summed E-state index contributed by atoms with van der Waals surface area (Å²) >= 11 is 0. The Morgan fingerprint density at radius 1 is 1.37 bits per heavy atom. The van der Waals surface area contributed by atoms with E-state index in [1.165, 1.54) is 0 Å². The van der Waals surface area contributed by atoms with Crippen molar-refractivity contribution in [2.45, 2.75) is 33.3 Å². The van der Waals surface area contributed by atoms with Gasteiger partial charge >= 0.3 is 0 Å². The molecule has 0 heterocycles. The van der Waals surface area contributed by atoms with Crippen molar-refractivity contribution in [2.24, 2.45) is 22.5 Å². The van der Waals surface area contributed by atoms with Crippen LogP contribution in [0, 0.1) is 5.92 Å². The van der Waals surface area contributed by atoms with Gasteiger partial charge < -0.3 is 16.3 Å². The Bertz CT molecular complexity index is 456. The zero-order valence-electron chi connectivity index (χ0n) is 11.4. The molecular formula is C14H21N3O2. The van der Waals surface area contributed by atoms with Gasteiger partial charge in [0.1, 0.15) is 12.4 Å². The van der Waals surface area contributed by atoms with Crippen LogP contribution in [0.2, 0.25) is 0 Å². The highest BCUT2D eigenvalue weighted by Crippen LogP contribution is 2.07. The Balaban J connectivity index is 2.46. The summed E-state index contributed by atoms with van der Waals surface area (Å²) in [5.41, 5.74) is 12.2. The molecule has 1 amide bonds. The lowest BCUT2D eigenvalue weighted by molar-refractivity contribution is 0.0999. The summed E-state index contributed by atoms with van der Waals surface area (Å²) in [4.78, 5) is 16.2. The van der Waals surface area contributed by atoms with Crippen molar-refractivity contribution in [1.29, 1.82) is 0 Å². The molecule has 5 nitrogen and oxygen atoms in total. The van der Waals surface area contributed by atoms with E-state index < -0.39 is 5.91 Å². The van der Waals surface area contributed by atoms with Crippen LogP contribution in [-0.4, -0.2) is 11.7 Å². The molecule has 1 aromatic carbocycles. The number of oxime groups is 1. The third-order valence-corrected chi connectivity index (χ3v) is 2.60. The van der Waals surface area contributed by atoms with Gasteiger partial charge in [0, 0.05) is 12.0 Å². The summed E-state index contributed by atoms with van der Waals surface area (Å²) in [6, 6.07) is 6.94. The van der Waals surface area contributed by atoms with Crippen molar-refractivity contribution in [2.75, 3.05) is 0 Å². The SMILES string of the molecule is CC(C)CC/C(N)=N/OCc1cccc(C(N)=O)c1. The Morgan fingerprint density at radius 2 is 2.11 bits per heavy atom. The lowest BCUT2D eigenvalue weighted by Crippen LogP contribution is -2.13. The number of amidine groups is 1. The summed E-state index contributed by atoms with van der Waals surface area (Å²) < 4.78 is 0. The minimum atomic E-state index is -0.457. The molecule has 104 valence electrons. The molecule has 0 fully saturated rings. The van der Waals surface area contributed by atoms with Crippen molar-refractivity contribution in [3.05, 3.63) is 35.4 Å². The predicted molar refractivity (Wildman–Crippen MR) is 75.4 cm³/mol. The van der Waals surface area contributed by atoms with Crippen LogP contribution >= 0.6 is 0 Å². The highest BCUT2D eigenvalue weighted by atomic mass is 16.6. The number of carbonyl (C=O) groups excluding carboxylic acids is 1. The van der Waals surface area contributed by atoms with E-state index in [2.05, 4.69) is 19.0 Å². The van der Waals surface area contributed by atoms with Crippen LogP contribution in [-0.2, 0) is 11.4 Å². The summed E-state index contributed by atoms with van der Waals surface area (Å²) in [7, 11) is 0. The Kier molecular flexibility index (Phi) is 5.85. The molecule has 4 N–H and O–H groups in total. The van der Waals surface area contributed by atoms with Crippen molar-refractivity contribution >= 4 is 11.7 Å². The smallest absolute Gasteiger partial charge is 0.248 e. The Morgan fingerprint density at radius 3 is 2.74 bits per heavy atom. The van der Waals surface area contributed by atoms with Gasteiger partial charge in [-0.15, -0.1) is 0 Å². The van der Waals surface area contributed by atoms with E-state index in [1.807, 2.05) is 6.07 Å². The number of amides is 1. The standard InChI is InChI=1S/C14H21N3O2/c1-10(2)6-7-13(15)17-19-9-11-4-3-5-12(8-11)14(16)18/h3-5,8,10H,6-7,9H2,1-2H3,(H2,15,17)(H2,16,18). The van der Waals surface area contributed by atoms with Gasteiger partial charge in [0.15, 0.2) is 0 Å². The van der Waals surface area contributed by atoms with E-state index >= 15 is 0 Å². The molecule has 0 radical (unpaired) electrons. The van der Waals surface area contributed by atoms with E-state index in [4.69, 9.17) is 16.3 Å². The molecule has 0 bridgehead atoms. The highest BCUT2D eigenvalue weighted by molar-refractivity contribution is 5.92. The number of hydrogen-bond acceptors (Lipinski definition) is 3. The fraction of sp³-hybridized carbons (Fsp3) is 0.429. The van der Waals surface area contributed by atoms with Gasteiger partial charge in [-0.05, 0) is 30.0 Å². The number of hydrogen-bond donors (Lipinski definition) is 2. The van der Waals surface area contributed by atoms with Crippen molar-refractivity contribution < 1.29 is 9.63 Å². The molecule has 0 saturated heterocycles. The molecule has 0 aliphatic heterocycles. The van der Waals surface area contributed by atoms with Crippen LogP contribution in [0.25, 0.3) is 0 Å². The molecule has 0 saturated carbocycles. The molecule has 5 heteroatoms. The summed E-state index contributed by atoms with van der Waals surface area (Å²) in [6.45, 7) is 4.52. The first-order chi connectivity index (χ1) is 8.99. The number of primary amides is 1. The predicted octanol–water partition coefficient (Wildman–Crippen LogP) is 2.01. The second-order valence-corrected chi connectivity index (χ2v) is 4.85. The second kappa shape index (κ2) is 7.41. The maximum Gasteiger partial charge on any atom is 0.248 e. The molecular weight excluding hydrogens is 242 g/mol. The van der Waals surface area contributed by atoms with Crippen molar-refractivity contribution in [1.82, 2.24) is 0 Å². The van der Waals surface area contributed by atoms with Crippen molar-refractivity contribution in [3.8, 4) is 0 Å². The number of nitrogens with two attached hydrogens (primary N) is 2. The second-order valence-electron chi connectivity index (χ2n) is 4.85. The largest absolute Gasteiger partial charge is 0.390 e. The molecule has 19 heavy (non-hydrogen) atoms. The molecule has 0 atom stereocenters. The first-order valence-corrected chi connectivity index (χ1v) is 6.32. The van der Waals surface area contributed by atoms with Gasteiger partial charge in [0.2, 0.25) is 5.91 Å². The van der Waals surface area contributed by atoms with Crippen LogP contribution < -0.4 is 11.5 Å². The molecule has 0 aliphatic rings. The van der Waals surface area contributed by atoms with Gasteiger partial charge in [0.05, 0.1) is 0 Å². The van der Waals surface area contributed by atoms with Crippen LogP contribution in [0.4, 0.5) is 0 Å². The van der Waals surface area contributed by atoms with Crippen molar-refractivity contribution in [3.63, 3.8) is 0 Å². The van der Waals surface area contributed by atoms with E-state index in [-0.39, 0.29) is 6.61 Å². The van der Waals surface area contributed by atoms with Crippen LogP contribution in [0.1, 0.15) is 42.6 Å². The number of nitrogens with zero attached hydrogens (tertiary/aromatic N) is 1.